The molecular formula is C9H11F6IO4. The van der Waals surface area contributed by atoms with E-state index in [9.17, 15) is 31.1 Å². The molecule has 0 bridgehead atoms. The average molecular weight is 424 g/mol. The van der Waals surface area contributed by atoms with Crippen molar-refractivity contribution in [2.75, 3.05) is 17.6 Å². The van der Waals surface area contributed by atoms with Crippen molar-refractivity contribution >= 4 is 28.6 Å². The van der Waals surface area contributed by atoms with Crippen LogP contribution in [0.4, 0.5) is 26.3 Å². The summed E-state index contributed by atoms with van der Waals surface area (Å²) >= 11 is 1.89. The maximum atomic E-state index is 12.5. The molecule has 0 radical (unpaired) electrons. The Morgan fingerprint density at radius 1 is 1.10 bits per heavy atom. The maximum Gasteiger partial charge on any atom is 0.425 e. The van der Waals surface area contributed by atoms with Crippen molar-refractivity contribution in [2.45, 2.75) is 31.0 Å². The van der Waals surface area contributed by atoms with E-state index in [4.69, 9.17) is 5.11 Å². The SMILES string of the molecule is O=C(O)C(OCC(OCCCI)C(F)(F)F)C(F)(F)F. The van der Waals surface area contributed by atoms with Crippen LogP contribution in [0, 0.1) is 0 Å². The highest BCUT2D eigenvalue weighted by Crippen LogP contribution is 2.27. The van der Waals surface area contributed by atoms with Crippen LogP contribution in [-0.4, -0.2) is 53.3 Å². The lowest BCUT2D eigenvalue weighted by Gasteiger charge is -2.23. The van der Waals surface area contributed by atoms with E-state index in [0.29, 0.717) is 4.43 Å². The van der Waals surface area contributed by atoms with Gasteiger partial charge < -0.3 is 14.6 Å². The van der Waals surface area contributed by atoms with E-state index < -0.39 is 37.1 Å². The molecule has 0 rings (SSSR count). The monoisotopic (exact) mass is 424 g/mol. The Balaban J connectivity index is 4.62. The van der Waals surface area contributed by atoms with Gasteiger partial charge in [0.2, 0.25) is 0 Å². The highest BCUT2D eigenvalue weighted by atomic mass is 127. The van der Waals surface area contributed by atoms with E-state index >= 15 is 0 Å². The van der Waals surface area contributed by atoms with Gasteiger partial charge in [0.25, 0.3) is 6.10 Å². The van der Waals surface area contributed by atoms with Crippen molar-refractivity contribution in [1.82, 2.24) is 0 Å². The predicted molar refractivity (Wildman–Crippen MR) is 62.7 cm³/mol. The first-order valence-corrected chi connectivity index (χ1v) is 6.68. The zero-order valence-electron chi connectivity index (χ0n) is 9.80. The highest BCUT2D eigenvalue weighted by Gasteiger charge is 2.49. The molecule has 1 N–H and O–H groups in total. The normalized spacial score (nSPS) is 15.9. The fourth-order valence-corrected chi connectivity index (χ4v) is 1.32. The number of rotatable bonds is 8. The van der Waals surface area contributed by atoms with Gasteiger partial charge in [-0.25, -0.2) is 4.79 Å². The van der Waals surface area contributed by atoms with Gasteiger partial charge in [0, 0.05) is 11.0 Å². The minimum atomic E-state index is -5.30. The molecule has 2 atom stereocenters. The van der Waals surface area contributed by atoms with Crippen molar-refractivity contribution in [3.63, 3.8) is 0 Å². The lowest BCUT2D eigenvalue weighted by Crippen LogP contribution is -2.44. The molecule has 20 heavy (non-hydrogen) atoms. The van der Waals surface area contributed by atoms with E-state index in [-0.39, 0.29) is 13.0 Å². The van der Waals surface area contributed by atoms with Crippen LogP contribution in [0.2, 0.25) is 0 Å². The van der Waals surface area contributed by atoms with Gasteiger partial charge in [-0.1, -0.05) is 22.6 Å². The number of alkyl halides is 7. The number of aliphatic carboxylic acids is 1. The van der Waals surface area contributed by atoms with Gasteiger partial charge >= 0.3 is 18.3 Å². The third-order valence-corrected chi connectivity index (χ3v) is 2.66. The van der Waals surface area contributed by atoms with Crippen molar-refractivity contribution in [3.05, 3.63) is 0 Å². The first-order valence-electron chi connectivity index (χ1n) is 5.15. The topological polar surface area (TPSA) is 55.8 Å². The number of carboxylic acids is 1. The van der Waals surface area contributed by atoms with Crippen LogP contribution in [-0.2, 0) is 14.3 Å². The van der Waals surface area contributed by atoms with Crippen LogP contribution in [0.5, 0.6) is 0 Å². The number of ether oxygens (including phenoxy) is 2. The second kappa shape index (κ2) is 8.22. The Hall–Kier alpha value is -0.300. The summed E-state index contributed by atoms with van der Waals surface area (Å²) in [6.45, 7) is -1.86. The molecule has 0 aromatic rings. The number of carbonyl (C=O) groups is 1. The first-order chi connectivity index (χ1) is 9.00. The number of carboxylic acid groups (broad SMARTS) is 1. The first kappa shape index (κ1) is 19.7. The Bertz CT molecular complexity index is 306. The fraction of sp³-hybridized carbons (Fsp3) is 0.889. The predicted octanol–water partition coefficient (Wildman–Crippen LogP) is 2.79. The minimum absolute atomic E-state index is 0.273. The van der Waals surface area contributed by atoms with Gasteiger partial charge in [0.15, 0.2) is 6.10 Å². The number of hydrogen-bond acceptors (Lipinski definition) is 3. The van der Waals surface area contributed by atoms with Crippen LogP contribution in [0.1, 0.15) is 6.42 Å². The van der Waals surface area contributed by atoms with Gasteiger partial charge in [-0.3, -0.25) is 0 Å². The largest absolute Gasteiger partial charge is 0.479 e. The van der Waals surface area contributed by atoms with Crippen molar-refractivity contribution < 1.29 is 45.7 Å². The second-order valence-corrected chi connectivity index (χ2v) is 4.62. The van der Waals surface area contributed by atoms with E-state index in [1.54, 1.807) is 0 Å². The van der Waals surface area contributed by atoms with Gasteiger partial charge in [-0.2, -0.15) is 26.3 Å². The second-order valence-electron chi connectivity index (χ2n) is 3.54. The average Bonchev–Trinajstić information content (AvgIpc) is 2.23. The number of halogens is 7. The quantitative estimate of drug-likeness (QED) is 0.282. The summed E-state index contributed by atoms with van der Waals surface area (Å²) in [6.07, 6.45) is -15.9. The van der Waals surface area contributed by atoms with Crippen molar-refractivity contribution in [1.29, 1.82) is 0 Å². The zero-order chi connectivity index (χ0) is 16.0. The summed E-state index contributed by atoms with van der Waals surface area (Å²) in [5.41, 5.74) is 0. The third kappa shape index (κ3) is 7.47. The van der Waals surface area contributed by atoms with Crippen LogP contribution in [0.25, 0.3) is 0 Å². The molecule has 0 heterocycles. The molecule has 120 valence electrons. The third-order valence-electron chi connectivity index (χ3n) is 1.90. The Labute approximate surface area is 123 Å². The summed E-state index contributed by atoms with van der Waals surface area (Å²) in [5, 5.41) is 8.27. The summed E-state index contributed by atoms with van der Waals surface area (Å²) in [4.78, 5) is 10.3. The number of hydrogen-bond donors (Lipinski definition) is 1. The van der Waals surface area contributed by atoms with Gasteiger partial charge in [0.1, 0.15) is 0 Å². The molecule has 0 amide bonds. The standard InChI is InChI=1S/C9H11F6IO4/c10-8(11,12)5(19-3-1-2-16)4-20-6(7(17)18)9(13,14)15/h5-6H,1-4H2,(H,17,18). The highest BCUT2D eigenvalue weighted by molar-refractivity contribution is 14.1. The van der Waals surface area contributed by atoms with Crippen molar-refractivity contribution in [3.8, 4) is 0 Å². The molecule has 0 aromatic heterocycles. The summed E-state index contributed by atoms with van der Waals surface area (Å²) in [6, 6.07) is 0. The van der Waals surface area contributed by atoms with Crippen LogP contribution in [0.3, 0.4) is 0 Å². The minimum Gasteiger partial charge on any atom is -0.479 e. The Morgan fingerprint density at radius 3 is 2.00 bits per heavy atom. The van der Waals surface area contributed by atoms with Crippen LogP contribution >= 0.6 is 22.6 Å². The van der Waals surface area contributed by atoms with Crippen LogP contribution < -0.4 is 0 Å². The van der Waals surface area contributed by atoms with E-state index in [0.717, 1.165) is 0 Å². The molecule has 11 heteroatoms. The smallest absolute Gasteiger partial charge is 0.425 e. The van der Waals surface area contributed by atoms with Crippen LogP contribution in [0.15, 0.2) is 0 Å². The van der Waals surface area contributed by atoms with E-state index in [1.807, 2.05) is 22.6 Å². The zero-order valence-corrected chi connectivity index (χ0v) is 12.0. The molecule has 0 aliphatic carbocycles. The summed E-state index contributed by atoms with van der Waals surface area (Å²) in [5.74, 6) is -2.41. The van der Waals surface area contributed by atoms with Gasteiger partial charge in [-0.05, 0) is 6.42 Å². The van der Waals surface area contributed by atoms with E-state index in [2.05, 4.69) is 9.47 Å². The molecule has 4 nitrogen and oxygen atoms in total. The molecule has 0 fully saturated rings. The lowest BCUT2D eigenvalue weighted by molar-refractivity contribution is -0.263. The summed E-state index contributed by atoms with van der Waals surface area (Å²) in [7, 11) is 0. The Morgan fingerprint density at radius 2 is 1.65 bits per heavy atom. The lowest BCUT2D eigenvalue weighted by atomic mass is 10.3. The Kier molecular flexibility index (Phi) is 8.09. The van der Waals surface area contributed by atoms with Crippen molar-refractivity contribution in [2.24, 2.45) is 0 Å². The fourth-order valence-electron chi connectivity index (χ4n) is 1.01. The molecule has 0 aliphatic heterocycles. The molecule has 0 saturated heterocycles. The maximum absolute atomic E-state index is 12.5. The molecular weight excluding hydrogens is 413 g/mol. The molecule has 0 aromatic carbocycles. The summed E-state index contributed by atoms with van der Waals surface area (Å²) < 4.78 is 82.7. The van der Waals surface area contributed by atoms with Gasteiger partial charge in [-0.15, -0.1) is 0 Å². The molecule has 0 saturated carbocycles. The van der Waals surface area contributed by atoms with E-state index in [1.165, 1.54) is 0 Å². The molecule has 2 unspecified atom stereocenters. The molecule has 0 aliphatic rings. The van der Waals surface area contributed by atoms with Gasteiger partial charge in [0.05, 0.1) is 6.61 Å². The molecule has 0 spiro atoms.